The maximum Gasteiger partial charge on any atom is 0.449 e. The van der Waals surface area contributed by atoms with E-state index in [1.165, 1.54) is 24.5 Å². The SMILES string of the molecule is O=C(C(c1ncc[nH]1)n1c(C(F)(F)F)nc2ccccc21)N1CCNCC1. The third-order valence-electron chi connectivity index (χ3n) is 4.55. The number of alkyl halides is 3. The van der Waals surface area contributed by atoms with Gasteiger partial charge in [0.2, 0.25) is 5.82 Å². The summed E-state index contributed by atoms with van der Waals surface area (Å²) in [6, 6.07) is 4.98. The number of hydrogen-bond acceptors (Lipinski definition) is 4. The van der Waals surface area contributed by atoms with Crippen molar-refractivity contribution in [2.45, 2.75) is 12.2 Å². The summed E-state index contributed by atoms with van der Waals surface area (Å²) in [6.45, 7) is 2.02. The van der Waals surface area contributed by atoms with E-state index in [4.69, 9.17) is 0 Å². The molecule has 0 aliphatic carbocycles. The zero-order valence-electron chi connectivity index (χ0n) is 14.2. The Morgan fingerprint density at radius 1 is 1.19 bits per heavy atom. The molecule has 2 aromatic heterocycles. The standard InChI is InChI=1S/C17H17F3N6O/c18-17(19,20)16-24-11-3-1-2-4-12(11)26(16)13(14-22-5-6-23-14)15(27)25-9-7-21-8-10-25/h1-6,13,21H,7-10H2,(H,22,23). The van der Waals surface area contributed by atoms with Crippen LogP contribution in [0.25, 0.3) is 11.0 Å². The third kappa shape index (κ3) is 3.16. The molecule has 1 aliphatic rings. The first kappa shape index (κ1) is 17.5. The highest BCUT2D eigenvalue weighted by Gasteiger charge is 2.42. The van der Waals surface area contributed by atoms with Gasteiger partial charge in [-0.05, 0) is 12.1 Å². The maximum absolute atomic E-state index is 13.7. The number of amides is 1. The van der Waals surface area contributed by atoms with E-state index in [1.54, 1.807) is 17.0 Å². The van der Waals surface area contributed by atoms with E-state index < -0.39 is 23.9 Å². The number of carbonyl (C=O) groups is 1. The number of aromatic amines is 1. The van der Waals surface area contributed by atoms with Gasteiger partial charge in [0.25, 0.3) is 5.91 Å². The van der Waals surface area contributed by atoms with E-state index >= 15 is 0 Å². The third-order valence-corrected chi connectivity index (χ3v) is 4.55. The molecular weight excluding hydrogens is 361 g/mol. The van der Waals surface area contributed by atoms with Crippen LogP contribution in [0.5, 0.6) is 0 Å². The Morgan fingerprint density at radius 2 is 1.93 bits per heavy atom. The topological polar surface area (TPSA) is 78.8 Å². The van der Waals surface area contributed by atoms with Gasteiger partial charge in [-0.15, -0.1) is 0 Å². The van der Waals surface area contributed by atoms with Crippen molar-refractivity contribution in [3.05, 3.63) is 48.3 Å². The molecule has 0 bridgehead atoms. The molecule has 0 saturated carbocycles. The van der Waals surface area contributed by atoms with Crippen molar-refractivity contribution in [1.82, 2.24) is 29.7 Å². The molecule has 1 unspecified atom stereocenters. The number of halogens is 3. The first-order valence-electron chi connectivity index (χ1n) is 8.50. The fourth-order valence-electron chi connectivity index (χ4n) is 3.34. The van der Waals surface area contributed by atoms with E-state index in [0.29, 0.717) is 26.2 Å². The summed E-state index contributed by atoms with van der Waals surface area (Å²) in [4.78, 5) is 25.4. The highest BCUT2D eigenvalue weighted by molar-refractivity contribution is 5.86. The molecule has 27 heavy (non-hydrogen) atoms. The van der Waals surface area contributed by atoms with Gasteiger partial charge in [0.05, 0.1) is 11.0 Å². The molecule has 1 fully saturated rings. The number of aromatic nitrogens is 4. The van der Waals surface area contributed by atoms with E-state index in [0.717, 1.165) is 4.57 Å². The van der Waals surface area contributed by atoms with E-state index in [2.05, 4.69) is 20.3 Å². The smallest absolute Gasteiger partial charge is 0.346 e. The molecule has 142 valence electrons. The van der Waals surface area contributed by atoms with Gasteiger partial charge in [-0.1, -0.05) is 12.1 Å². The number of nitrogens with one attached hydrogen (secondary N) is 2. The second-order valence-corrected chi connectivity index (χ2v) is 6.24. The quantitative estimate of drug-likeness (QED) is 0.729. The number of rotatable bonds is 3. The number of benzene rings is 1. The number of nitrogens with zero attached hydrogens (tertiary/aromatic N) is 4. The Bertz CT molecular complexity index is 943. The second-order valence-electron chi connectivity index (χ2n) is 6.24. The Balaban J connectivity index is 1.91. The van der Waals surface area contributed by atoms with Crippen LogP contribution in [0.3, 0.4) is 0 Å². The van der Waals surface area contributed by atoms with Gasteiger partial charge < -0.3 is 19.8 Å². The van der Waals surface area contributed by atoms with Crippen LogP contribution in [-0.2, 0) is 11.0 Å². The number of H-pyrrole nitrogens is 1. The molecule has 1 saturated heterocycles. The van der Waals surface area contributed by atoms with Crippen molar-refractivity contribution in [1.29, 1.82) is 0 Å². The molecular formula is C17H17F3N6O. The summed E-state index contributed by atoms with van der Waals surface area (Å²) in [5.74, 6) is -1.42. The van der Waals surface area contributed by atoms with Crippen LogP contribution in [-0.4, -0.2) is 56.5 Å². The highest BCUT2D eigenvalue weighted by atomic mass is 19.4. The number of carbonyl (C=O) groups excluding carboxylic acids is 1. The molecule has 0 radical (unpaired) electrons. The van der Waals surface area contributed by atoms with Crippen molar-refractivity contribution in [2.24, 2.45) is 0 Å². The molecule has 1 atom stereocenters. The fourth-order valence-corrected chi connectivity index (χ4v) is 3.34. The van der Waals surface area contributed by atoms with Gasteiger partial charge in [0, 0.05) is 38.6 Å². The molecule has 1 aliphatic heterocycles. The molecule has 7 nitrogen and oxygen atoms in total. The Hall–Kier alpha value is -2.88. The molecule has 10 heteroatoms. The Kier molecular flexibility index (Phi) is 4.34. The van der Waals surface area contributed by atoms with Crippen molar-refractivity contribution < 1.29 is 18.0 Å². The minimum absolute atomic E-state index is 0.146. The second kappa shape index (κ2) is 6.69. The van der Waals surface area contributed by atoms with E-state index in [1.807, 2.05) is 0 Å². The van der Waals surface area contributed by atoms with Gasteiger partial charge in [-0.2, -0.15) is 13.2 Å². The summed E-state index contributed by atoms with van der Waals surface area (Å²) < 4.78 is 42.2. The van der Waals surface area contributed by atoms with Crippen molar-refractivity contribution in [2.75, 3.05) is 26.2 Å². The molecule has 2 N–H and O–H groups in total. The zero-order valence-corrected chi connectivity index (χ0v) is 14.2. The monoisotopic (exact) mass is 378 g/mol. The van der Waals surface area contributed by atoms with Crippen LogP contribution in [0, 0.1) is 0 Å². The predicted molar refractivity (Wildman–Crippen MR) is 90.9 cm³/mol. The first-order valence-corrected chi connectivity index (χ1v) is 8.50. The van der Waals surface area contributed by atoms with Gasteiger partial charge in [-0.25, -0.2) is 9.97 Å². The highest BCUT2D eigenvalue weighted by Crippen LogP contribution is 2.35. The number of fused-ring (bicyclic) bond motifs is 1. The first-order chi connectivity index (χ1) is 13.0. The average molecular weight is 378 g/mol. The van der Waals surface area contributed by atoms with E-state index in [9.17, 15) is 18.0 Å². The number of para-hydroxylation sites is 2. The normalized spacial score (nSPS) is 16.6. The molecule has 0 spiro atoms. The summed E-state index contributed by atoms with van der Waals surface area (Å²) >= 11 is 0. The Labute approximate surface area is 152 Å². The van der Waals surface area contributed by atoms with Crippen molar-refractivity contribution in [3.8, 4) is 0 Å². The lowest BCUT2D eigenvalue weighted by atomic mass is 10.2. The lowest BCUT2D eigenvalue weighted by Crippen LogP contribution is -2.49. The van der Waals surface area contributed by atoms with Crippen LogP contribution in [0.2, 0.25) is 0 Å². The van der Waals surface area contributed by atoms with Gasteiger partial charge in [0.15, 0.2) is 6.04 Å². The summed E-state index contributed by atoms with van der Waals surface area (Å²) in [5, 5.41) is 3.13. The fraction of sp³-hybridized carbons (Fsp3) is 0.353. The van der Waals surface area contributed by atoms with Crippen molar-refractivity contribution in [3.63, 3.8) is 0 Å². The summed E-state index contributed by atoms with van der Waals surface area (Å²) in [7, 11) is 0. The van der Waals surface area contributed by atoms with Gasteiger partial charge in [-0.3, -0.25) is 4.79 Å². The van der Waals surface area contributed by atoms with Crippen LogP contribution in [0.1, 0.15) is 17.7 Å². The molecule has 3 heterocycles. The lowest BCUT2D eigenvalue weighted by Gasteiger charge is -2.31. The predicted octanol–water partition coefficient (Wildman–Crippen LogP) is 1.80. The zero-order chi connectivity index (χ0) is 19.0. The largest absolute Gasteiger partial charge is 0.449 e. The molecule has 1 aromatic carbocycles. The lowest BCUT2D eigenvalue weighted by molar-refractivity contribution is -0.149. The molecule has 1 amide bonds. The van der Waals surface area contributed by atoms with Crippen LogP contribution < -0.4 is 5.32 Å². The van der Waals surface area contributed by atoms with Crippen molar-refractivity contribution >= 4 is 16.9 Å². The minimum atomic E-state index is -4.71. The Morgan fingerprint density at radius 3 is 2.59 bits per heavy atom. The van der Waals surface area contributed by atoms with Gasteiger partial charge >= 0.3 is 6.18 Å². The van der Waals surface area contributed by atoms with Crippen LogP contribution in [0.15, 0.2) is 36.7 Å². The minimum Gasteiger partial charge on any atom is -0.346 e. The number of hydrogen-bond donors (Lipinski definition) is 2. The maximum atomic E-state index is 13.7. The van der Waals surface area contributed by atoms with Gasteiger partial charge in [0.1, 0.15) is 5.82 Å². The van der Waals surface area contributed by atoms with Crippen LogP contribution >= 0.6 is 0 Å². The number of piperazine rings is 1. The van der Waals surface area contributed by atoms with Crippen LogP contribution in [0.4, 0.5) is 13.2 Å². The summed E-state index contributed by atoms with van der Waals surface area (Å²) in [5.41, 5.74) is 0.407. The molecule has 3 aromatic rings. The summed E-state index contributed by atoms with van der Waals surface area (Å²) in [6.07, 6.45) is -1.81. The average Bonchev–Trinajstić information content (AvgIpc) is 3.31. The molecule has 4 rings (SSSR count). The van der Waals surface area contributed by atoms with E-state index in [-0.39, 0.29) is 16.9 Å². The number of imidazole rings is 2.